The van der Waals surface area contributed by atoms with Crippen molar-refractivity contribution in [3.05, 3.63) is 0 Å². The lowest BCUT2D eigenvalue weighted by molar-refractivity contribution is 0.323. The summed E-state index contributed by atoms with van der Waals surface area (Å²) in [5.41, 5.74) is 0. The number of hydrogen-bond acceptors (Lipinski definition) is 3. The fourth-order valence-corrected chi connectivity index (χ4v) is 2.78. The van der Waals surface area contributed by atoms with Crippen molar-refractivity contribution in [3.8, 4) is 0 Å². The van der Waals surface area contributed by atoms with Crippen molar-refractivity contribution in [2.75, 3.05) is 19.6 Å². The molecule has 0 amide bonds. The molecule has 0 aliphatic carbocycles. The highest BCUT2D eigenvalue weighted by Crippen LogP contribution is 2.12. The molecule has 6 heteroatoms. The molecule has 0 aromatic heterocycles. The van der Waals surface area contributed by atoms with Crippen molar-refractivity contribution in [2.24, 2.45) is 5.92 Å². The minimum atomic E-state index is -3.28. The smallest absolute Gasteiger partial charge is 0.276 e. The van der Waals surface area contributed by atoms with E-state index in [0.717, 1.165) is 25.8 Å². The van der Waals surface area contributed by atoms with E-state index in [-0.39, 0.29) is 0 Å². The first-order chi connectivity index (χ1) is 7.53. The highest BCUT2D eigenvalue weighted by molar-refractivity contribution is 7.87. The minimum absolute atomic E-state index is 0.411. The zero-order valence-corrected chi connectivity index (χ0v) is 10.9. The fourth-order valence-electron chi connectivity index (χ4n) is 1.75. The molecule has 1 saturated heterocycles. The molecule has 1 fully saturated rings. The van der Waals surface area contributed by atoms with Gasteiger partial charge in [0, 0.05) is 19.1 Å². The molecule has 96 valence electrons. The van der Waals surface area contributed by atoms with Crippen LogP contribution in [0.1, 0.15) is 33.1 Å². The van der Waals surface area contributed by atoms with Gasteiger partial charge in [0.2, 0.25) is 0 Å². The second kappa shape index (κ2) is 6.54. The summed E-state index contributed by atoms with van der Waals surface area (Å²) in [6.07, 6.45) is 3.02. The van der Waals surface area contributed by atoms with E-state index in [1.54, 1.807) is 0 Å². The van der Waals surface area contributed by atoms with Crippen molar-refractivity contribution in [2.45, 2.75) is 39.2 Å². The maximum absolute atomic E-state index is 11.5. The summed E-state index contributed by atoms with van der Waals surface area (Å²) in [5, 5.41) is 3.36. The number of hydrogen-bond donors (Lipinski definition) is 3. The van der Waals surface area contributed by atoms with Crippen LogP contribution >= 0.6 is 0 Å². The second-order valence-electron chi connectivity index (χ2n) is 4.50. The number of rotatable bonds is 6. The molecule has 2 atom stereocenters. The Morgan fingerprint density at radius 3 is 2.62 bits per heavy atom. The van der Waals surface area contributed by atoms with E-state index in [1.165, 1.54) is 0 Å². The topological polar surface area (TPSA) is 70.2 Å². The Morgan fingerprint density at radius 1 is 1.31 bits per heavy atom. The molecule has 16 heavy (non-hydrogen) atoms. The molecule has 1 aliphatic rings. The average molecular weight is 249 g/mol. The van der Waals surface area contributed by atoms with Crippen LogP contribution in [0, 0.1) is 5.92 Å². The second-order valence-corrected chi connectivity index (χ2v) is 6.08. The maximum atomic E-state index is 11.5. The molecule has 0 saturated carbocycles. The minimum Gasteiger partial charge on any atom is -0.314 e. The van der Waals surface area contributed by atoms with Gasteiger partial charge in [-0.2, -0.15) is 8.42 Å². The van der Waals surface area contributed by atoms with Crippen molar-refractivity contribution >= 4 is 10.2 Å². The van der Waals surface area contributed by atoms with E-state index in [4.69, 9.17) is 0 Å². The van der Waals surface area contributed by atoms with Crippen molar-refractivity contribution in [3.63, 3.8) is 0 Å². The Balaban J connectivity index is 2.23. The van der Waals surface area contributed by atoms with Gasteiger partial charge in [0.05, 0.1) is 0 Å². The molecule has 1 heterocycles. The summed E-state index contributed by atoms with van der Waals surface area (Å²) in [6, 6.07) is 0.561. The van der Waals surface area contributed by atoms with Crippen LogP contribution in [0.15, 0.2) is 0 Å². The molecule has 0 spiro atoms. The van der Waals surface area contributed by atoms with Crippen molar-refractivity contribution in [1.82, 2.24) is 14.8 Å². The molecule has 0 radical (unpaired) electrons. The van der Waals surface area contributed by atoms with Crippen molar-refractivity contribution < 1.29 is 8.42 Å². The van der Waals surface area contributed by atoms with E-state index in [9.17, 15) is 8.42 Å². The van der Waals surface area contributed by atoms with Gasteiger partial charge in [0.15, 0.2) is 0 Å². The fraction of sp³-hybridized carbons (Fsp3) is 1.00. The monoisotopic (exact) mass is 249 g/mol. The van der Waals surface area contributed by atoms with Crippen LogP contribution in [0.3, 0.4) is 0 Å². The van der Waals surface area contributed by atoms with E-state index in [0.29, 0.717) is 25.0 Å². The highest BCUT2D eigenvalue weighted by Gasteiger charge is 2.19. The maximum Gasteiger partial charge on any atom is 0.276 e. The van der Waals surface area contributed by atoms with Crippen LogP contribution in [0.2, 0.25) is 0 Å². The van der Waals surface area contributed by atoms with Gasteiger partial charge in [0.25, 0.3) is 10.2 Å². The predicted octanol–water partition coefficient (Wildman–Crippen LogP) is 0.209. The van der Waals surface area contributed by atoms with E-state index >= 15 is 0 Å². The molecule has 0 aromatic carbocycles. The van der Waals surface area contributed by atoms with Crippen LogP contribution in [-0.4, -0.2) is 34.1 Å². The largest absolute Gasteiger partial charge is 0.314 e. The van der Waals surface area contributed by atoms with Gasteiger partial charge in [-0.25, -0.2) is 9.44 Å². The SMILES string of the molecule is CCCNS(=O)(=O)NCC1CCC(C)NC1. The highest BCUT2D eigenvalue weighted by atomic mass is 32.2. The van der Waals surface area contributed by atoms with Gasteiger partial charge in [-0.15, -0.1) is 0 Å². The van der Waals surface area contributed by atoms with E-state index in [2.05, 4.69) is 21.7 Å². The molecular weight excluding hydrogens is 226 g/mol. The lowest BCUT2D eigenvalue weighted by Crippen LogP contribution is -2.44. The average Bonchev–Trinajstić information content (AvgIpc) is 2.26. The van der Waals surface area contributed by atoms with Gasteiger partial charge in [-0.3, -0.25) is 0 Å². The molecular formula is C10H23N3O2S. The normalized spacial score (nSPS) is 26.9. The van der Waals surface area contributed by atoms with Gasteiger partial charge < -0.3 is 5.32 Å². The lowest BCUT2D eigenvalue weighted by Gasteiger charge is -2.27. The van der Waals surface area contributed by atoms with Gasteiger partial charge >= 0.3 is 0 Å². The first kappa shape index (κ1) is 13.9. The summed E-state index contributed by atoms with van der Waals surface area (Å²) in [6.45, 7) is 6.02. The summed E-state index contributed by atoms with van der Waals surface area (Å²) in [7, 11) is -3.28. The Labute approximate surface area is 98.6 Å². The van der Waals surface area contributed by atoms with Crippen molar-refractivity contribution in [1.29, 1.82) is 0 Å². The van der Waals surface area contributed by atoms with Crippen LogP contribution in [0.25, 0.3) is 0 Å². The summed E-state index contributed by atoms with van der Waals surface area (Å²) >= 11 is 0. The lowest BCUT2D eigenvalue weighted by atomic mass is 9.96. The molecule has 2 unspecified atom stereocenters. The third-order valence-electron chi connectivity index (χ3n) is 2.87. The standard InChI is InChI=1S/C10H23N3O2S/c1-3-6-12-16(14,15)13-8-10-5-4-9(2)11-7-10/h9-13H,3-8H2,1-2H3. The first-order valence-electron chi connectivity index (χ1n) is 6.01. The Hall–Kier alpha value is -0.170. The Morgan fingerprint density at radius 2 is 2.06 bits per heavy atom. The third kappa shape index (κ3) is 5.25. The van der Waals surface area contributed by atoms with Crippen LogP contribution in [0.4, 0.5) is 0 Å². The van der Waals surface area contributed by atoms with E-state index < -0.39 is 10.2 Å². The third-order valence-corrected chi connectivity index (χ3v) is 4.00. The molecule has 0 bridgehead atoms. The van der Waals surface area contributed by atoms with E-state index in [1.807, 2.05) is 6.92 Å². The molecule has 1 aliphatic heterocycles. The molecule has 5 nitrogen and oxygen atoms in total. The zero-order valence-electron chi connectivity index (χ0n) is 10.1. The van der Waals surface area contributed by atoms with Crippen LogP contribution < -0.4 is 14.8 Å². The summed E-state index contributed by atoms with van der Waals surface area (Å²) < 4.78 is 28.0. The Kier molecular flexibility index (Phi) is 5.68. The zero-order chi connectivity index (χ0) is 12.0. The number of nitrogens with one attached hydrogen (secondary N) is 3. The van der Waals surface area contributed by atoms with Gasteiger partial charge in [-0.1, -0.05) is 6.92 Å². The summed E-state index contributed by atoms with van der Waals surface area (Å²) in [5.74, 6) is 0.411. The number of piperidine rings is 1. The quantitative estimate of drug-likeness (QED) is 0.630. The Bertz CT molecular complexity index is 284. The van der Waals surface area contributed by atoms with Gasteiger partial charge in [0.1, 0.15) is 0 Å². The molecule has 3 N–H and O–H groups in total. The molecule has 0 aromatic rings. The predicted molar refractivity (Wildman–Crippen MR) is 65.4 cm³/mol. The summed E-state index contributed by atoms with van der Waals surface area (Å²) in [4.78, 5) is 0. The molecule has 1 rings (SSSR count). The van der Waals surface area contributed by atoms with Crippen LogP contribution in [0.5, 0.6) is 0 Å². The first-order valence-corrected chi connectivity index (χ1v) is 7.49. The van der Waals surface area contributed by atoms with Crippen LogP contribution in [-0.2, 0) is 10.2 Å². The van der Waals surface area contributed by atoms with Gasteiger partial charge in [-0.05, 0) is 38.6 Å².